The number of benzene rings is 3. The highest BCUT2D eigenvalue weighted by Gasteiger charge is 2.10. The number of amides is 1. The van der Waals surface area contributed by atoms with E-state index in [4.69, 9.17) is 9.47 Å². The zero-order valence-electron chi connectivity index (χ0n) is 15.5. The molecule has 0 spiro atoms. The molecule has 146 valence electrons. The van der Waals surface area contributed by atoms with Gasteiger partial charge in [0.25, 0.3) is 5.91 Å². The molecule has 3 aromatic rings. The molecule has 3 rings (SSSR count). The lowest BCUT2D eigenvalue weighted by Crippen LogP contribution is -2.18. The number of hydrogen-bond donors (Lipinski definition) is 1. The molecular formula is C22H17BrN2O4. The number of carbonyl (C=O) groups excluding carboxylic acids is 2. The van der Waals surface area contributed by atoms with Gasteiger partial charge in [-0.05, 0) is 66.2 Å². The number of para-hydroxylation sites is 1. The van der Waals surface area contributed by atoms with Crippen LogP contribution in [0.1, 0.15) is 26.3 Å². The van der Waals surface area contributed by atoms with Crippen LogP contribution >= 0.6 is 15.9 Å². The quantitative estimate of drug-likeness (QED) is 0.259. The lowest BCUT2D eigenvalue weighted by atomic mass is 10.2. The average molecular weight is 453 g/mol. The van der Waals surface area contributed by atoms with Crippen molar-refractivity contribution in [3.8, 4) is 11.5 Å². The third-order valence-corrected chi connectivity index (χ3v) is 4.43. The minimum Gasteiger partial charge on any atom is -0.496 e. The molecule has 0 unspecified atom stereocenters. The second-order valence-electron chi connectivity index (χ2n) is 5.86. The Morgan fingerprint density at radius 3 is 2.34 bits per heavy atom. The minimum atomic E-state index is -0.442. The summed E-state index contributed by atoms with van der Waals surface area (Å²) in [4.78, 5) is 24.3. The maximum atomic E-state index is 12.2. The molecule has 0 heterocycles. The molecule has 1 amide bonds. The molecule has 0 fully saturated rings. The second-order valence-corrected chi connectivity index (χ2v) is 6.78. The fraction of sp³-hybridized carbons (Fsp3) is 0.0455. The summed E-state index contributed by atoms with van der Waals surface area (Å²) in [5.41, 5.74) is 4.03. The standard InChI is InChI=1S/C22H17BrN2O4/c1-28-20-5-3-2-4-19(20)21(26)25-24-14-15-6-12-18(13-7-15)29-22(27)16-8-10-17(23)11-9-16/h2-14H,1H3,(H,25,26). The highest BCUT2D eigenvalue weighted by Crippen LogP contribution is 2.17. The molecule has 0 atom stereocenters. The van der Waals surface area contributed by atoms with Crippen molar-refractivity contribution in [2.45, 2.75) is 0 Å². The zero-order valence-corrected chi connectivity index (χ0v) is 17.0. The first-order valence-corrected chi connectivity index (χ1v) is 9.40. The first-order valence-electron chi connectivity index (χ1n) is 8.61. The van der Waals surface area contributed by atoms with Crippen molar-refractivity contribution in [1.29, 1.82) is 0 Å². The third kappa shape index (κ3) is 5.52. The van der Waals surface area contributed by atoms with Gasteiger partial charge in [0, 0.05) is 4.47 Å². The monoisotopic (exact) mass is 452 g/mol. The number of esters is 1. The molecule has 0 aliphatic carbocycles. The zero-order chi connectivity index (χ0) is 20.6. The number of ether oxygens (including phenoxy) is 2. The van der Waals surface area contributed by atoms with E-state index in [-0.39, 0.29) is 5.91 Å². The minimum absolute atomic E-state index is 0.376. The molecule has 0 saturated carbocycles. The molecule has 0 radical (unpaired) electrons. The van der Waals surface area contributed by atoms with Gasteiger partial charge in [-0.15, -0.1) is 0 Å². The number of nitrogens with one attached hydrogen (secondary N) is 1. The Kier molecular flexibility index (Phi) is 6.76. The average Bonchev–Trinajstić information content (AvgIpc) is 2.75. The summed E-state index contributed by atoms with van der Waals surface area (Å²) >= 11 is 3.32. The van der Waals surface area contributed by atoms with Crippen LogP contribution in [0.25, 0.3) is 0 Å². The maximum Gasteiger partial charge on any atom is 0.343 e. The largest absolute Gasteiger partial charge is 0.496 e. The van der Waals surface area contributed by atoms with Gasteiger partial charge in [0.15, 0.2) is 0 Å². The Balaban J connectivity index is 1.58. The summed E-state index contributed by atoms with van der Waals surface area (Å²) in [6.07, 6.45) is 1.49. The fourth-order valence-electron chi connectivity index (χ4n) is 2.43. The Labute approximate surface area is 176 Å². The predicted octanol–water partition coefficient (Wildman–Crippen LogP) is 4.44. The number of methoxy groups -OCH3 is 1. The van der Waals surface area contributed by atoms with E-state index in [1.165, 1.54) is 13.3 Å². The van der Waals surface area contributed by atoms with E-state index in [0.717, 1.165) is 10.0 Å². The molecule has 0 aliphatic rings. The third-order valence-electron chi connectivity index (χ3n) is 3.90. The van der Waals surface area contributed by atoms with E-state index in [0.29, 0.717) is 22.6 Å². The van der Waals surface area contributed by atoms with Crippen LogP contribution in [0.3, 0.4) is 0 Å². The van der Waals surface area contributed by atoms with Crippen molar-refractivity contribution in [3.05, 3.63) is 94.0 Å². The van der Waals surface area contributed by atoms with Gasteiger partial charge in [-0.25, -0.2) is 10.2 Å². The smallest absolute Gasteiger partial charge is 0.343 e. The number of rotatable bonds is 6. The maximum absolute atomic E-state index is 12.2. The van der Waals surface area contributed by atoms with Gasteiger partial charge >= 0.3 is 5.97 Å². The molecule has 0 aromatic heterocycles. The van der Waals surface area contributed by atoms with E-state index in [2.05, 4.69) is 26.5 Å². The summed E-state index contributed by atoms with van der Waals surface area (Å²) in [5.74, 6) is 0.0620. The van der Waals surface area contributed by atoms with E-state index >= 15 is 0 Å². The van der Waals surface area contributed by atoms with Crippen molar-refractivity contribution in [2.75, 3.05) is 7.11 Å². The van der Waals surface area contributed by atoms with Gasteiger partial charge in [-0.1, -0.05) is 28.1 Å². The van der Waals surface area contributed by atoms with E-state index < -0.39 is 5.97 Å². The van der Waals surface area contributed by atoms with Crippen LogP contribution in [0, 0.1) is 0 Å². The van der Waals surface area contributed by atoms with Gasteiger partial charge in [-0.2, -0.15) is 5.10 Å². The van der Waals surface area contributed by atoms with Crippen LogP contribution in [-0.4, -0.2) is 25.2 Å². The Bertz CT molecular complexity index is 1030. The first-order chi connectivity index (χ1) is 14.1. The summed E-state index contributed by atoms with van der Waals surface area (Å²) in [6.45, 7) is 0. The Morgan fingerprint density at radius 1 is 0.966 bits per heavy atom. The van der Waals surface area contributed by atoms with E-state index in [9.17, 15) is 9.59 Å². The number of carbonyl (C=O) groups is 2. The summed E-state index contributed by atoms with van der Waals surface area (Å²) < 4.78 is 11.4. The van der Waals surface area contributed by atoms with E-state index in [1.807, 2.05) is 0 Å². The van der Waals surface area contributed by atoms with Gasteiger partial charge in [0.2, 0.25) is 0 Å². The van der Waals surface area contributed by atoms with Crippen LogP contribution < -0.4 is 14.9 Å². The van der Waals surface area contributed by atoms with Crippen molar-refractivity contribution >= 4 is 34.0 Å². The molecule has 29 heavy (non-hydrogen) atoms. The summed E-state index contributed by atoms with van der Waals surface area (Å²) in [7, 11) is 1.50. The molecule has 0 saturated heterocycles. The SMILES string of the molecule is COc1ccccc1C(=O)NN=Cc1ccc(OC(=O)c2ccc(Br)cc2)cc1. The highest BCUT2D eigenvalue weighted by molar-refractivity contribution is 9.10. The molecule has 0 bridgehead atoms. The van der Waals surface area contributed by atoms with Crippen molar-refractivity contribution in [2.24, 2.45) is 5.10 Å². The molecule has 7 heteroatoms. The number of nitrogens with zero attached hydrogens (tertiary/aromatic N) is 1. The number of halogens is 1. The highest BCUT2D eigenvalue weighted by atomic mass is 79.9. The lowest BCUT2D eigenvalue weighted by Gasteiger charge is -2.06. The van der Waals surface area contributed by atoms with Gasteiger partial charge in [0.1, 0.15) is 11.5 Å². The fourth-order valence-corrected chi connectivity index (χ4v) is 2.70. The summed E-state index contributed by atoms with van der Waals surface area (Å²) in [5, 5.41) is 3.95. The van der Waals surface area contributed by atoms with Crippen molar-refractivity contribution < 1.29 is 19.1 Å². The first kappa shape index (κ1) is 20.3. The van der Waals surface area contributed by atoms with Crippen LogP contribution in [-0.2, 0) is 0 Å². The Morgan fingerprint density at radius 2 is 1.66 bits per heavy atom. The topological polar surface area (TPSA) is 77.0 Å². The molecule has 1 N–H and O–H groups in total. The van der Waals surface area contributed by atoms with E-state index in [1.54, 1.807) is 72.8 Å². The lowest BCUT2D eigenvalue weighted by molar-refractivity contribution is 0.0734. The van der Waals surface area contributed by atoms with Crippen LogP contribution in [0.4, 0.5) is 0 Å². The van der Waals surface area contributed by atoms with Crippen LogP contribution in [0.15, 0.2) is 82.4 Å². The molecule has 6 nitrogen and oxygen atoms in total. The number of hydrazone groups is 1. The van der Waals surface area contributed by atoms with Crippen LogP contribution in [0.2, 0.25) is 0 Å². The normalized spacial score (nSPS) is 10.6. The van der Waals surface area contributed by atoms with Crippen molar-refractivity contribution in [1.82, 2.24) is 5.43 Å². The van der Waals surface area contributed by atoms with Gasteiger partial charge in [-0.3, -0.25) is 4.79 Å². The number of hydrogen-bond acceptors (Lipinski definition) is 5. The second kappa shape index (κ2) is 9.66. The van der Waals surface area contributed by atoms with Crippen molar-refractivity contribution in [3.63, 3.8) is 0 Å². The predicted molar refractivity (Wildman–Crippen MR) is 114 cm³/mol. The summed E-state index contributed by atoms with van der Waals surface area (Å²) in [6, 6.07) is 20.5. The molecule has 3 aromatic carbocycles. The van der Waals surface area contributed by atoms with Gasteiger partial charge < -0.3 is 9.47 Å². The molecule has 0 aliphatic heterocycles. The Hall–Kier alpha value is -3.45. The van der Waals surface area contributed by atoms with Crippen LogP contribution in [0.5, 0.6) is 11.5 Å². The van der Waals surface area contributed by atoms with Gasteiger partial charge in [0.05, 0.1) is 24.5 Å². The molecular weight excluding hydrogens is 436 g/mol.